The first-order valence-corrected chi connectivity index (χ1v) is 16.1. The maximum atomic E-state index is 5.33. The van der Waals surface area contributed by atoms with Crippen LogP contribution in [0.15, 0.2) is 163 Å². The van der Waals surface area contributed by atoms with Crippen molar-refractivity contribution in [1.82, 2.24) is 15.0 Å². The summed E-state index contributed by atoms with van der Waals surface area (Å²) in [6.07, 6.45) is 20.1. The Labute approximate surface area is 268 Å². The van der Waals surface area contributed by atoms with E-state index in [0.29, 0.717) is 5.92 Å². The standard InChI is InChI=1S/C43H31N3/c1-3-13-32-30(11-1)25-38(36-17-7-5-15-34(32)36)41-27-42(39-26-31-12-2-4-14-33(31)35-16-6-8-18-37(35)39)46-43(45-41)29-22-20-28(21-23-29)40-19-9-10-24-44-40/h1,3-11,13-27,35,37H,2,12H2. The monoisotopic (exact) mass is 589 g/mol. The van der Waals surface area contributed by atoms with Gasteiger partial charge in [0.05, 0.1) is 17.1 Å². The van der Waals surface area contributed by atoms with Crippen molar-refractivity contribution in [2.24, 2.45) is 11.8 Å². The Balaban J connectivity index is 1.27. The largest absolute Gasteiger partial charge is 0.256 e. The second-order valence-corrected chi connectivity index (χ2v) is 12.3. The van der Waals surface area contributed by atoms with E-state index in [1.165, 1.54) is 38.3 Å². The third-order valence-corrected chi connectivity index (χ3v) is 9.60. The van der Waals surface area contributed by atoms with Crippen molar-refractivity contribution in [2.45, 2.75) is 12.8 Å². The van der Waals surface area contributed by atoms with Crippen LogP contribution in [0.3, 0.4) is 0 Å². The first-order valence-electron chi connectivity index (χ1n) is 16.1. The average Bonchev–Trinajstić information content (AvgIpc) is 3.14. The van der Waals surface area contributed by atoms with Crippen LogP contribution in [0.5, 0.6) is 0 Å². The molecule has 4 aromatic carbocycles. The Bertz CT molecular complexity index is 2300. The van der Waals surface area contributed by atoms with Gasteiger partial charge in [0, 0.05) is 34.7 Å². The quantitative estimate of drug-likeness (QED) is 0.192. The summed E-state index contributed by atoms with van der Waals surface area (Å²) in [7, 11) is 0. The molecule has 0 aliphatic heterocycles. The Hall–Kier alpha value is -5.67. The van der Waals surface area contributed by atoms with Crippen LogP contribution in [0.2, 0.25) is 0 Å². The number of nitrogens with zero attached hydrogens (tertiary/aromatic N) is 3. The van der Waals surface area contributed by atoms with E-state index in [2.05, 4.69) is 132 Å². The fourth-order valence-corrected chi connectivity index (χ4v) is 7.36. The predicted octanol–water partition coefficient (Wildman–Crippen LogP) is 10.6. The third-order valence-electron chi connectivity index (χ3n) is 9.60. The number of hydrogen-bond acceptors (Lipinski definition) is 3. The lowest BCUT2D eigenvalue weighted by atomic mass is 9.70. The van der Waals surface area contributed by atoms with Crippen molar-refractivity contribution in [3.8, 4) is 33.9 Å². The average molecular weight is 590 g/mol. The molecule has 0 saturated carbocycles. The van der Waals surface area contributed by atoms with E-state index in [1.807, 2.05) is 24.4 Å². The zero-order valence-corrected chi connectivity index (χ0v) is 25.3. The molecule has 3 heteroatoms. The number of rotatable bonds is 4. The van der Waals surface area contributed by atoms with Gasteiger partial charge < -0.3 is 0 Å². The van der Waals surface area contributed by atoms with Crippen molar-refractivity contribution in [3.63, 3.8) is 0 Å². The summed E-state index contributed by atoms with van der Waals surface area (Å²) in [6, 6.07) is 36.3. The molecule has 0 bridgehead atoms. The number of aromatic nitrogens is 3. The number of allylic oxidation sites excluding steroid dienone is 10. The Morgan fingerprint density at radius 3 is 2.20 bits per heavy atom. The molecule has 0 saturated heterocycles. The van der Waals surface area contributed by atoms with Crippen molar-refractivity contribution in [2.75, 3.05) is 0 Å². The lowest BCUT2D eigenvalue weighted by Gasteiger charge is -2.34. The van der Waals surface area contributed by atoms with E-state index in [0.717, 1.165) is 52.4 Å². The van der Waals surface area contributed by atoms with E-state index in [4.69, 9.17) is 9.97 Å². The summed E-state index contributed by atoms with van der Waals surface area (Å²) in [5, 5.41) is 4.89. The first kappa shape index (κ1) is 26.7. The molecule has 9 rings (SSSR count). The van der Waals surface area contributed by atoms with Crippen molar-refractivity contribution in [3.05, 3.63) is 169 Å². The predicted molar refractivity (Wildman–Crippen MR) is 190 cm³/mol. The molecule has 0 N–H and O–H groups in total. The van der Waals surface area contributed by atoms with Crippen LogP contribution in [-0.4, -0.2) is 15.0 Å². The van der Waals surface area contributed by atoms with Gasteiger partial charge in [-0.05, 0) is 75.4 Å². The molecule has 2 heterocycles. The van der Waals surface area contributed by atoms with Gasteiger partial charge in [-0.2, -0.15) is 0 Å². The summed E-state index contributed by atoms with van der Waals surface area (Å²) in [5.74, 6) is 1.27. The lowest BCUT2D eigenvalue weighted by molar-refractivity contribution is 0.634. The molecule has 3 aliphatic carbocycles. The molecular weight excluding hydrogens is 558 g/mol. The number of hydrogen-bond donors (Lipinski definition) is 0. The normalized spacial score (nSPS) is 18.5. The SMILES string of the molecule is C1=CC2C(c3cc(-c4cc5ccccc5c5ccccc45)nc(-c4ccc(-c5ccccn5)cc4)n3)=CC3=C(C=CCC3)C2C=C1. The highest BCUT2D eigenvalue weighted by Crippen LogP contribution is 2.46. The van der Waals surface area contributed by atoms with Gasteiger partial charge in [0.1, 0.15) is 0 Å². The summed E-state index contributed by atoms with van der Waals surface area (Å²) in [6.45, 7) is 0. The molecule has 46 heavy (non-hydrogen) atoms. The molecule has 2 unspecified atom stereocenters. The van der Waals surface area contributed by atoms with Gasteiger partial charge in [-0.25, -0.2) is 9.97 Å². The molecule has 6 aromatic rings. The Morgan fingerprint density at radius 1 is 0.609 bits per heavy atom. The van der Waals surface area contributed by atoms with Crippen LogP contribution >= 0.6 is 0 Å². The van der Waals surface area contributed by atoms with Crippen LogP contribution in [0.25, 0.3) is 61.0 Å². The zero-order chi connectivity index (χ0) is 30.5. The molecule has 2 aromatic heterocycles. The van der Waals surface area contributed by atoms with Gasteiger partial charge in [-0.1, -0.05) is 121 Å². The number of benzene rings is 4. The molecule has 0 radical (unpaired) electrons. The van der Waals surface area contributed by atoms with Crippen molar-refractivity contribution >= 4 is 27.1 Å². The minimum atomic E-state index is 0.224. The number of fused-ring (bicyclic) bond motifs is 5. The lowest BCUT2D eigenvalue weighted by Crippen LogP contribution is -2.22. The maximum Gasteiger partial charge on any atom is 0.160 e. The van der Waals surface area contributed by atoms with Gasteiger partial charge >= 0.3 is 0 Å². The van der Waals surface area contributed by atoms with Crippen LogP contribution < -0.4 is 0 Å². The minimum absolute atomic E-state index is 0.224. The zero-order valence-electron chi connectivity index (χ0n) is 25.3. The van der Waals surface area contributed by atoms with E-state index in [9.17, 15) is 0 Å². The van der Waals surface area contributed by atoms with E-state index in [-0.39, 0.29) is 5.92 Å². The first-order chi connectivity index (χ1) is 22.8. The van der Waals surface area contributed by atoms with Crippen LogP contribution in [0.4, 0.5) is 0 Å². The second-order valence-electron chi connectivity index (χ2n) is 12.3. The molecule has 0 fully saturated rings. The smallest absolute Gasteiger partial charge is 0.160 e. The van der Waals surface area contributed by atoms with Crippen LogP contribution in [-0.2, 0) is 0 Å². The third kappa shape index (κ3) is 4.55. The summed E-state index contributed by atoms with van der Waals surface area (Å²) in [4.78, 5) is 15.2. The molecule has 3 aliphatic rings. The summed E-state index contributed by atoms with van der Waals surface area (Å²) < 4.78 is 0. The topological polar surface area (TPSA) is 38.7 Å². The van der Waals surface area contributed by atoms with Crippen LogP contribution in [0, 0.1) is 11.8 Å². The fourth-order valence-electron chi connectivity index (χ4n) is 7.36. The van der Waals surface area contributed by atoms with E-state index in [1.54, 1.807) is 0 Å². The summed E-state index contributed by atoms with van der Waals surface area (Å²) >= 11 is 0. The molecule has 0 amide bonds. The van der Waals surface area contributed by atoms with Gasteiger partial charge in [-0.15, -0.1) is 0 Å². The van der Waals surface area contributed by atoms with Crippen molar-refractivity contribution in [1.29, 1.82) is 0 Å². The Morgan fingerprint density at radius 2 is 1.35 bits per heavy atom. The Kier molecular flexibility index (Phi) is 6.41. The van der Waals surface area contributed by atoms with Crippen LogP contribution in [0.1, 0.15) is 18.5 Å². The summed E-state index contributed by atoms with van der Waals surface area (Å²) in [5.41, 5.74) is 10.2. The second kappa shape index (κ2) is 11.0. The number of pyridine rings is 1. The molecule has 3 nitrogen and oxygen atoms in total. The van der Waals surface area contributed by atoms with E-state index < -0.39 is 0 Å². The van der Waals surface area contributed by atoms with Gasteiger partial charge in [0.2, 0.25) is 0 Å². The van der Waals surface area contributed by atoms with E-state index >= 15 is 0 Å². The minimum Gasteiger partial charge on any atom is -0.256 e. The molecule has 0 spiro atoms. The van der Waals surface area contributed by atoms with Crippen molar-refractivity contribution < 1.29 is 0 Å². The van der Waals surface area contributed by atoms with Gasteiger partial charge in [0.15, 0.2) is 5.82 Å². The van der Waals surface area contributed by atoms with Gasteiger partial charge in [0.25, 0.3) is 0 Å². The highest BCUT2D eigenvalue weighted by Gasteiger charge is 2.32. The highest BCUT2D eigenvalue weighted by atomic mass is 14.9. The molecule has 218 valence electrons. The fraction of sp³-hybridized carbons (Fsp3) is 0.0930. The maximum absolute atomic E-state index is 5.33. The molecular formula is C43H31N3. The van der Waals surface area contributed by atoms with Gasteiger partial charge in [-0.3, -0.25) is 4.98 Å². The highest BCUT2D eigenvalue weighted by molar-refractivity contribution is 6.13. The molecule has 2 atom stereocenters.